The second-order valence-corrected chi connectivity index (χ2v) is 4.49. The maximum Gasteiger partial charge on any atom is 0.387 e. The summed E-state index contributed by atoms with van der Waals surface area (Å²) in [6.45, 7) is -0.944. The number of rotatable bonds is 6. The Morgan fingerprint density at radius 2 is 2.00 bits per heavy atom. The molecule has 0 aliphatic rings. The van der Waals surface area contributed by atoms with Crippen molar-refractivity contribution >= 4 is 5.78 Å². The number of para-hydroxylation sites is 1. The summed E-state index contributed by atoms with van der Waals surface area (Å²) in [5, 5.41) is 0. The topological polar surface area (TPSA) is 39.2 Å². The van der Waals surface area contributed by atoms with Crippen LogP contribution >= 0.6 is 0 Å². The van der Waals surface area contributed by atoms with Crippen molar-refractivity contribution in [3.05, 3.63) is 59.4 Å². The van der Waals surface area contributed by atoms with Crippen molar-refractivity contribution < 1.29 is 18.3 Å². The average Bonchev–Trinajstić information content (AvgIpc) is 2.48. The molecule has 5 heteroatoms. The molecule has 1 aromatic heterocycles. The van der Waals surface area contributed by atoms with Gasteiger partial charge < -0.3 is 4.74 Å². The van der Waals surface area contributed by atoms with Gasteiger partial charge in [0.1, 0.15) is 5.75 Å². The van der Waals surface area contributed by atoms with Crippen LogP contribution < -0.4 is 4.74 Å². The monoisotopic (exact) mass is 291 g/mol. The number of benzene rings is 1. The molecule has 0 unspecified atom stereocenters. The molecule has 1 heterocycles. The zero-order chi connectivity index (χ0) is 15.2. The van der Waals surface area contributed by atoms with Crippen LogP contribution in [0.5, 0.6) is 5.75 Å². The zero-order valence-corrected chi connectivity index (χ0v) is 11.6. The zero-order valence-electron chi connectivity index (χ0n) is 11.6. The molecule has 0 amide bonds. The summed E-state index contributed by atoms with van der Waals surface area (Å²) in [5.74, 6) is -0.411. The number of halogens is 2. The lowest BCUT2D eigenvalue weighted by Gasteiger charge is -2.09. The first-order valence-corrected chi connectivity index (χ1v) is 6.61. The summed E-state index contributed by atoms with van der Waals surface area (Å²) in [7, 11) is 0. The van der Waals surface area contributed by atoms with Crippen LogP contribution in [0.3, 0.4) is 0 Å². The fraction of sp³-hybridized carbons (Fsp3) is 0.250. The summed E-state index contributed by atoms with van der Waals surface area (Å²) in [6, 6.07) is 9.65. The molecule has 0 spiro atoms. The second-order valence-electron chi connectivity index (χ2n) is 4.49. The first-order valence-electron chi connectivity index (χ1n) is 6.61. The molecule has 0 bridgehead atoms. The van der Waals surface area contributed by atoms with Crippen LogP contribution in [0.1, 0.15) is 28.5 Å². The number of ether oxygens (including phenoxy) is 1. The highest BCUT2D eigenvalue weighted by Gasteiger charge is 2.16. The van der Waals surface area contributed by atoms with E-state index in [0.717, 1.165) is 12.0 Å². The van der Waals surface area contributed by atoms with Gasteiger partial charge in [-0.1, -0.05) is 25.1 Å². The van der Waals surface area contributed by atoms with E-state index in [-0.39, 0.29) is 23.5 Å². The van der Waals surface area contributed by atoms with Gasteiger partial charge in [0.15, 0.2) is 5.78 Å². The smallest absolute Gasteiger partial charge is 0.387 e. The number of carbonyl (C=O) groups is 1. The Balaban J connectivity index is 2.16. The summed E-state index contributed by atoms with van der Waals surface area (Å²) >= 11 is 0. The SMILES string of the molecule is CCc1ccc(CC(=O)c2ccccc2OC(F)F)nc1. The Morgan fingerprint density at radius 1 is 1.24 bits per heavy atom. The normalized spacial score (nSPS) is 10.7. The molecule has 3 nitrogen and oxygen atoms in total. The molecule has 0 N–H and O–H groups in total. The van der Waals surface area contributed by atoms with Gasteiger partial charge in [0, 0.05) is 11.9 Å². The minimum Gasteiger partial charge on any atom is -0.434 e. The lowest BCUT2D eigenvalue weighted by atomic mass is 10.0. The van der Waals surface area contributed by atoms with Crippen molar-refractivity contribution in [3.63, 3.8) is 0 Å². The highest BCUT2D eigenvalue weighted by Crippen LogP contribution is 2.21. The maximum atomic E-state index is 12.3. The molecule has 2 aromatic rings. The summed E-state index contributed by atoms with van der Waals surface area (Å²) < 4.78 is 29.0. The molecule has 0 aliphatic heterocycles. The van der Waals surface area contributed by atoms with E-state index >= 15 is 0 Å². The van der Waals surface area contributed by atoms with Gasteiger partial charge in [-0.05, 0) is 30.2 Å². The largest absolute Gasteiger partial charge is 0.434 e. The molecular weight excluding hydrogens is 276 g/mol. The molecule has 21 heavy (non-hydrogen) atoms. The molecule has 0 saturated heterocycles. The molecule has 0 atom stereocenters. The van der Waals surface area contributed by atoms with Crippen LogP contribution in [0.2, 0.25) is 0 Å². The summed E-state index contributed by atoms with van der Waals surface area (Å²) in [5.41, 5.74) is 1.82. The third-order valence-corrected chi connectivity index (χ3v) is 3.04. The van der Waals surface area contributed by atoms with Gasteiger partial charge in [0.25, 0.3) is 0 Å². The first-order chi connectivity index (χ1) is 10.1. The van der Waals surface area contributed by atoms with E-state index in [4.69, 9.17) is 0 Å². The van der Waals surface area contributed by atoms with Crippen LogP contribution in [0, 0.1) is 0 Å². The number of ketones is 1. The lowest BCUT2D eigenvalue weighted by Crippen LogP contribution is -2.10. The fourth-order valence-corrected chi connectivity index (χ4v) is 1.92. The number of Topliss-reactive ketones (excluding diaryl/α,β-unsaturated/α-hetero) is 1. The highest BCUT2D eigenvalue weighted by atomic mass is 19.3. The summed E-state index contributed by atoms with van der Waals surface area (Å²) in [6.07, 6.45) is 2.63. The highest BCUT2D eigenvalue weighted by molar-refractivity contribution is 5.99. The van der Waals surface area contributed by atoms with Gasteiger partial charge in [0.2, 0.25) is 0 Å². The minimum atomic E-state index is -2.96. The van der Waals surface area contributed by atoms with Crippen molar-refractivity contribution in [3.8, 4) is 5.75 Å². The predicted octanol–water partition coefficient (Wildman–Crippen LogP) is 3.67. The standard InChI is InChI=1S/C16H15F2NO2/c1-2-11-7-8-12(19-10-11)9-14(20)13-5-3-4-6-15(13)21-16(17)18/h3-8,10,16H,2,9H2,1H3. The summed E-state index contributed by atoms with van der Waals surface area (Å²) in [4.78, 5) is 16.4. The van der Waals surface area contributed by atoms with E-state index in [1.54, 1.807) is 24.4 Å². The van der Waals surface area contributed by atoms with Crippen molar-refractivity contribution in [1.82, 2.24) is 4.98 Å². The molecule has 1 aromatic carbocycles. The minimum absolute atomic E-state index is 0.0492. The van der Waals surface area contributed by atoms with Gasteiger partial charge in [-0.15, -0.1) is 0 Å². The van der Waals surface area contributed by atoms with E-state index in [1.807, 2.05) is 13.0 Å². The first kappa shape index (κ1) is 15.1. The lowest BCUT2D eigenvalue weighted by molar-refractivity contribution is -0.0501. The fourth-order valence-electron chi connectivity index (χ4n) is 1.92. The van der Waals surface area contributed by atoms with Gasteiger partial charge in [0.05, 0.1) is 12.0 Å². The second kappa shape index (κ2) is 6.92. The Kier molecular flexibility index (Phi) is 4.98. The Hall–Kier alpha value is -2.30. The van der Waals surface area contributed by atoms with Crippen molar-refractivity contribution in [1.29, 1.82) is 0 Å². The number of hydrogen-bond donors (Lipinski definition) is 0. The molecule has 0 fully saturated rings. The number of alkyl halides is 2. The van der Waals surface area contributed by atoms with Crippen molar-refractivity contribution in [2.24, 2.45) is 0 Å². The van der Waals surface area contributed by atoms with Crippen LogP contribution in [-0.2, 0) is 12.8 Å². The van der Waals surface area contributed by atoms with E-state index in [1.165, 1.54) is 12.1 Å². The van der Waals surface area contributed by atoms with E-state index < -0.39 is 6.61 Å². The van der Waals surface area contributed by atoms with E-state index in [9.17, 15) is 13.6 Å². The number of carbonyl (C=O) groups excluding carboxylic acids is 1. The Bertz CT molecular complexity index is 612. The number of aryl methyl sites for hydroxylation is 1. The van der Waals surface area contributed by atoms with Crippen LogP contribution in [0.4, 0.5) is 8.78 Å². The third-order valence-electron chi connectivity index (χ3n) is 3.04. The Labute approximate surface area is 121 Å². The average molecular weight is 291 g/mol. The number of hydrogen-bond acceptors (Lipinski definition) is 3. The van der Waals surface area contributed by atoms with Gasteiger partial charge >= 0.3 is 6.61 Å². The number of aromatic nitrogens is 1. The van der Waals surface area contributed by atoms with Crippen LogP contribution in [0.25, 0.3) is 0 Å². The molecular formula is C16H15F2NO2. The number of pyridine rings is 1. The van der Waals surface area contributed by atoms with Crippen LogP contribution in [-0.4, -0.2) is 17.4 Å². The molecule has 0 radical (unpaired) electrons. The number of nitrogens with zero attached hydrogens (tertiary/aromatic N) is 1. The van der Waals surface area contributed by atoms with Gasteiger partial charge in [-0.3, -0.25) is 9.78 Å². The molecule has 2 rings (SSSR count). The third kappa shape index (κ3) is 4.08. The van der Waals surface area contributed by atoms with Gasteiger partial charge in [-0.25, -0.2) is 0 Å². The van der Waals surface area contributed by atoms with E-state index in [2.05, 4.69) is 9.72 Å². The molecule has 0 saturated carbocycles. The maximum absolute atomic E-state index is 12.3. The van der Waals surface area contributed by atoms with Crippen molar-refractivity contribution in [2.75, 3.05) is 0 Å². The molecule has 0 aliphatic carbocycles. The van der Waals surface area contributed by atoms with Gasteiger partial charge in [-0.2, -0.15) is 8.78 Å². The van der Waals surface area contributed by atoms with Crippen LogP contribution in [0.15, 0.2) is 42.6 Å². The Morgan fingerprint density at radius 3 is 2.62 bits per heavy atom. The quantitative estimate of drug-likeness (QED) is 0.762. The predicted molar refractivity (Wildman–Crippen MR) is 74.7 cm³/mol. The molecule has 110 valence electrons. The van der Waals surface area contributed by atoms with E-state index in [0.29, 0.717) is 5.69 Å². The van der Waals surface area contributed by atoms with Crippen molar-refractivity contribution in [2.45, 2.75) is 26.4 Å².